The maximum atomic E-state index is 12.9. The van der Waals surface area contributed by atoms with E-state index >= 15 is 0 Å². The van der Waals surface area contributed by atoms with Gasteiger partial charge >= 0.3 is 0 Å². The number of carbonyl (C=O) groups excluding carboxylic acids is 2. The molecule has 0 fully saturated rings. The molecular formula is C21H24N2O2S. The highest BCUT2D eigenvalue weighted by atomic mass is 32.2. The summed E-state index contributed by atoms with van der Waals surface area (Å²) in [5.74, 6) is -0.675. The summed E-state index contributed by atoms with van der Waals surface area (Å²) in [6, 6.07) is 13.8. The molecule has 0 aliphatic carbocycles. The summed E-state index contributed by atoms with van der Waals surface area (Å²) < 4.78 is 0. The van der Waals surface area contributed by atoms with Crippen molar-refractivity contribution in [3.8, 4) is 0 Å². The smallest absolute Gasteiger partial charge is 0.238 e. The number of anilines is 2. The molecule has 1 aliphatic heterocycles. The zero-order chi connectivity index (χ0) is 18.7. The average molecular weight is 369 g/mol. The van der Waals surface area contributed by atoms with E-state index in [-0.39, 0.29) is 11.8 Å². The molecule has 0 spiro atoms. The van der Waals surface area contributed by atoms with Crippen LogP contribution in [0.4, 0.5) is 11.4 Å². The molecule has 2 aromatic rings. The fourth-order valence-corrected chi connectivity index (χ4v) is 4.34. The van der Waals surface area contributed by atoms with Gasteiger partial charge in [-0.1, -0.05) is 51.1 Å². The molecule has 2 N–H and O–H groups in total. The van der Waals surface area contributed by atoms with Gasteiger partial charge in [-0.25, -0.2) is 0 Å². The molecule has 2 aromatic carbocycles. The first-order valence-electron chi connectivity index (χ1n) is 9.03. The first kappa shape index (κ1) is 18.5. The standard InChI is InChI=1S/C21H24N2O2S/c1-4-14-9-8-10-15(5-2)18(14)23-20(24)13(3)19-21(25)22-16-11-6-7-12-17(16)26-19/h6-13,19H,4-5H2,1-3H3,(H,22,25)(H,23,24). The van der Waals surface area contributed by atoms with Crippen LogP contribution >= 0.6 is 11.8 Å². The minimum atomic E-state index is -0.442. The van der Waals surface area contributed by atoms with Gasteiger partial charge in [0.05, 0.1) is 16.9 Å². The van der Waals surface area contributed by atoms with E-state index < -0.39 is 11.2 Å². The molecular weight excluding hydrogens is 344 g/mol. The zero-order valence-corrected chi connectivity index (χ0v) is 16.2. The molecule has 0 saturated carbocycles. The van der Waals surface area contributed by atoms with E-state index in [1.165, 1.54) is 11.8 Å². The van der Waals surface area contributed by atoms with Crippen LogP contribution in [0.3, 0.4) is 0 Å². The average Bonchev–Trinajstić information content (AvgIpc) is 2.66. The Morgan fingerprint density at radius 1 is 1.12 bits per heavy atom. The Bertz CT molecular complexity index is 812. The summed E-state index contributed by atoms with van der Waals surface area (Å²) in [6.07, 6.45) is 1.70. The van der Waals surface area contributed by atoms with Gasteiger partial charge in [-0.2, -0.15) is 0 Å². The van der Waals surface area contributed by atoms with Gasteiger partial charge < -0.3 is 10.6 Å². The number of amides is 2. The first-order valence-corrected chi connectivity index (χ1v) is 9.91. The van der Waals surface area contributed by atoms with Gasteiger partial charge in [0, 0.05) is 10.6 Å². The van der Waals surface area contributed by atoms with E-state index in [0.29, 0.717) is 0 Å². The third-order valence-electron chi connectivity index (χ3n) is 4.77. The number of carbonyl (C=O) groups is 2. The molecule has 2 atom stereocenters. The summed E-state index contributed by atoms with van der Waals surface area (Å²) in [6.45, 7) is 5.98. The van der Waals surface area contributed by atoms with Crippen molar-refractivity contribution in [2.45, 2.75) is 43.8 Å². The predicted molar refractivity (Wildman–Crippen MR) is 108 cm³/mol. The van der Waals surface area contributed by atoms with Crippen LogP contribution in [0.15, 0.2) is 47.4 Å². The molecule has 2 amide bonds. The van der Waals surface area contributed by atoms with Crippen LogP contribution in [0.2, 0.25) is 0 Å². The van der Waals surface area contributed by atoms with Gasteiger partial charge in [0.1, 0.15) is 0 Å². The molecule has 2 unspecified atom stereocenters. The molecule has 4 nitrogen and oxygen atoms in total. The molecule has 0 aromatic heterocycles. The van der Waals surface area contributed by atoms with Crippen LogP contribution in [0.5, 0.6) is 0 Å². The summed E-state index contributed by atoms with van der Waals surface area (Å²) in [7, 11) is 0. The summed E-state index contributed by atoms with van der Waals surface area (Å²) >= 11 is 1.46. The molecule has 0 radical (unpaired) electrons. The van der Waals surface area contributed by atoms with E-state index in [9.17, 15) is 9.59 Å². The van der Waals surface area contributed by atoms with Gasteiger partial charge in [0.25, 0.3) is 0 Å². The largest absolute Gasteiger partial charge is 0.325 e. The van der Waals surface area contributed by atoms with E-state index in [0.717, 1.165) is 40.2 Å². The number of nitrogens with one attached hydrogen (secondary N) is 2. The van der Waals surface area contributed by atoms with Crippen molar-refractivity contribution >= 4 is 35.0 Å². The second-order valence-electron chi connectivity index (χ2n) is 6.46. The fraction of sp³-hybridized carbons (Fsp3) is 0.333. The Labute approximate surface area is 158 Å². The first-order chi connectivity index (χ1) is 12.5. The van der Waals surface area contributed by atoms with Crippen molar-refractivity contribution in [1.82, 2.24) is 0 Å². The second kappa shape index (κ2) is 7.96. The third-order valence-corrected chi connectivity index (χ3v) is 6.26. The molecule has 0 saturated heterocycles. The highest BCUT2D eigenvalue weighted by Gasteiger charge is 2.35. The van der Waals surface area contributed by atoms with Gasteiger partial charge in [-0.15, -0.1) is 11.8 Å². The lowest BCUT2D eigenvalue weighted by Gasteiger charge is -2.28. The Morgan fingerprint density at radius 2 is 1.77 bits per heavy atom. The van der Waals surface area contributed by atoms with Crippen molar-refractivity contribution in [2.75, 3.05) is 10.6 Å². The third kappa shape index (κ3) is 3.63. The SMILES string of the molecule is CCc1cccc(CC)c1NC(=O)C(C)C1Sc2ccccc2NC1=O. The molecule has 5 heteroatoms. The van der Waals surface area contributed by atoms with Crippen molar-refractivity contribution in [3.63, 3.8) is 0 Å². The maximum Gasteiger partial charge on any atom is 0.238 e. The van der Waals surface area contributed by atoms with Crippen LogP contribution in [-0.2, 0) is 22.4 Å². The Kier molecular flexibility index (Phi) is 5.67. The number of hydrogen-bond donors (Lipinski definition) is 2. The second-order valence-corrected chi connectivity index (χ2v) is 7.64. The highest BCUT2D eigenvalue weighted by molar-refractivity contribution is 8.01. The summed E-state index contributed by atoms with van der Waals surface area (Å²) in [4.78, 5) is 26.4. The van der Waals surface area contributed by atoms with Crippen molar-refractivity contribution in [1.29, 1.82) is 0 Å². The summed E-state index contributed by atoms with van der Waals surface area (Å²) in [5, 5.41) is 5.56. The molecule has 3 rings (SSSR count). The van der Waals surface area contributed by atoms with E-state index in [1.807, 2.05) is 49.4 Å². The van der Waals surface area contributed by atoms with Gasteiger partial charge in [0.15, 0.2) is 0 Å². The Hall–Kier alpha value is -2.27. The lowest BCUT2D eigenvalue weighted by atomic mass is 10.0. The predicted octanol–water partition coefficient (Wildman–Crippen LogP) is 4.50. The van der Waals surface area contributed by atoms with E-state index in [1.54, 1.807) is 0 Å². The summed E-state index contributed by atoms with van der Waals surface area (Å²) in [5.41, 5.74) is 3.96. The number of hydrogen-bond acceptors (Lipinski definition) is 3. The van der Waals surface area contributed by atoms with E-state index in [2.05, 4.69) is 24.5 Å². The monoisotopic (exact) mass is 368 g/mol. The highest BCUT2D eigenvalue weighted by Crippen LogP contribution is 2.38. The minimum Gasteiger partial charge on any atom is -0.325 e. The maximum absolute atomic E-state index is 12.9. The van der Waals surface area contributed by atoms with Crippen LogP contribution in [0.25, 0.3) is 0 Å². The Morgan fingerprint density at radius 3 is 2.42 bits per heavy atom. The molecule has 1 aliphatic rings. The quantitative estimate of drug-likeness (QED) is 0.817. The number of para-hydroxylation sites is 2. The lowest BCUT2D eigenvalue weighted by molar-refractivity contribution is -0.123. The van der Waals surface area contributed by atoms with Gasteiger partial charge in [0.2, 0.25) is 11.8 Å². The fourth-order valence-electron chi connectivity index (χ4n) is 3.17. The van der Waals surface area contributed by atoms with Crippen molar-refractivity contribution < 1.29 is 9.59 Å². The van der Waals surface area contributed by atoms with Gasteiger partial charge in [-0.3, -0.25) is 9.59 Å². The number of fused-ring (bicyclic) bond motifs is 1. The van der Waals surface area contributed by atoms with Crippen molar-refractivity contribution in [3.05, 3.63) is 53.6 Å². The van der Waals surface area contributed by atoms with Crippen LogP contribution in [0.1, 0.15) is 31.9 Å². The topological polar surface area (TPSA) is 58.2 Å². The minimum absolute atomic E-state index is 0.115. The van der Waals surface area contributed by atoms with Crippen LogP contribution in [0, 0.1) is 5.92 Å². The van der Waals surface area contributed by atoms with Crippen LogP contribution in [-0.4, -0.2) is 17.1 Å². The number of rotatable bonds is 5. The lowest BCUT2D eigenvalue weighted by Crippen LogP contribution is -2.39. The number of aryl methyl sites for hydroxylation is 2. The van der Waals surface area contributed by atoms with E-state index in [4.69, 9.17) is 0 Å². The number of benzene rings is 2. The van der Waals surface area contributed by atoms with Crippen LogP contribution < -0.4 is 10.6 Å². The molecule has 0 bridgehead atoms. The molecule has 136 valence electrons. The molecule has 26 heavy (non-hydrogen) atoms. The van der Waals surface area contributed by atoms with Crippen molar-refractivity contribution in [2.24, 2.45) is 5.92 Å². The van der Waals surface area contributed by atoms with Gasteiger partial charge in [-0.05, 0) is 36.1 Å². The number of thioether (sulfide) groups is 1. The molecule has 1 heterocycles. The zero-order valence-electron chi connectivity index (χ0n) is 15.3. The normalized spacial score (nSPS) is 17.2. The Balaban J connectivity index is 1.80.